The average Bonchev–Trinajstić information content (AvgIpc) is 2.52. The summed E-state index contributed by atoms with van der Waals surface area (Å²) in [4.78, 5) is 0. The first-order chi connectivity index (χ1) is 10.2. The van der Waals surface area contributed by atoms with Crippen LogP contribution in [0.15, 0.2) is 42.5 Å². The molecule has 1 nitrogen and oxygen atoms in total. The standard InChI is InChI=1S/C20H24O/c1-15-8-13-20(16(2)14-15)21-19-11-9-18(10-12-19)17-6-4-3-5-7-17/h8-14,17H,3-7H2,1-2H3. The number of ether oxygens (including phenoxy) is 1. The average molecular weight is 280 g/mol. The molecule has 0 radical (unpaired) electrons. The first-order valence-corrected chi connectivity index (χ1v) is 8.07. The molecule has 0 aromatic heterocycles. The predicted octanol–water partition coefficient (Wildman–Crippen LogP) is 6.14. The van der Waals surface area contributed by atoms with E-state index < -0.39 is 0 Å². The van der Waals surface area contributed by atoms with Crippen LogP contribution in [-0.2, 0) is 0 Å². The predicted molar refractivity (Wildman–Crippen MR) is 88.3 cm³/mol. The molecular weight excluding hydrogens is 256 g/mol. The van der Waals surface area contributed by atoms with Crippen molar-refractivity contribution in [2.75, 3.05) is 0 Å². The van der Waals surface area contributed by atoms with Gasteiger partial charge in [0.2, 0.25) is 0 Å². The molecular formula is C20H24O. The quantitative estimate of drug-likeness (QED) is 0.655. The van der Waals surface area contributed by atoms with Crippen LogP contribution in [0.25, 0.3) is 0 Å². The Morgan fingerprint density at radius 1 is 0.857 bits per heavy atom. The Hall–Kier alpha value is -1.76. The minimum atomic E-state index is 0.758. The Morgan fingerprint density at radius 3 is 2.24 bits per heavy atom. The first kappa shape index (κ1) is 14.2. The molecule has 1 aliphatic rings. The molecule has 0 bridgehead atoms. The molecule has 2 aromatic rings. The van der Waals surface area contributed by atoms with Gasteiger partial charge in [0.05, 0.1) is 0 Å². The number of hydrogen-bond acceptors (Lipinski definition) is 1. The summed E-state index contributed by atoms with van der Waals surface area (Å²) in [5.41, 5.74) is 3.93. The molecule has 1 aliphatic carbocycles. The van der Waals surface area contributed by atoms with Gasteiger partial charge in [0, 0.05) is 0 Å². The van der Waals surface area contributed by atoms with E-state index in [1.807, 2.05) is 0 Å². The lowest BCUT2D eigenvalue weighted by Crippen LogP contribution is -2.04. The third-order valence-corrected chi connectivity index (χ3v) is 4.51. The highest BCUT2D eigenvalue weighted by Gasteiger charge is 2.15. The maximum Gasteiger partial charge on any atom is 0.130 e. The molecule has 0 unspecified atom stereocenters. The molecule has 1 fully saturated rings. The van der Waals surface area contributed by atoms with Gasteiger partial charge in [-0.1, -0.05) is 49.1 Å². The monoisotopic (exact) mass is 280 g/mol. The molecule has 0 amide bonds. The smallest absolute Gasteiger partial charge is 0.130 e. The van der Waals surface area contributed by atoms with Crippen LogP contribution < -0.4 is 4.74 Å². The summed E-state index contributed by atoms with van der Waals surface area (Å²) in [5.74, 6) is 2.64. The maximum absolute atomic E-state index is 6.01. The van der Waals surface area contributed by atoms with E-state index in [-0.39, 0.29) is 0 Å². The van der Waals surface area contributed by atoms with Gasteiger partial charge in [-0.2, -0.15) is 0 Å². The van der Waals surface area contributed by atoms with E-state index in [1.165, 1.54) is 48.8 Å². The van der Waals surface area contributed by atoms with E-state index in [9.17, 15) is 0 Å². The largest absolute Gasteiger partial charge is 0.457 e. The zero-order valence-corrected chi connectivity index (χ0v) is 13.1. The van der Waals surface area contributed by atoms with Crippen molar-refractivity contribution in [1.82, 2.24) is 0 Å². The van der Waals surface area contributed by atoms with Gasteiger partial charge < -0.3 is 4.74 Å². The molecule has 1 heteroatoms. The summed E-state index contributed by atoms with van der Waals surface area (Å²) in [5, 5.41) is 0. The Morgan fingerprint density at radius 2 is 1.57 bits per heavy atom. The van der Waals surface area contributed by atoms with Crippen molar-refractivity contribution < 1.29 is 4.74 Å². The van der Waals surface area contributed by atoms with E-state index in [2.05, 4.69) is 56.3 Å². The Labute approximate surface area is 128 Å². The van der Waals surface area contributed by atoms with Crippen molar-refractivity contribution in [3.8, 4) is 11.5 Å². The van der Waals surface area contributed by atoms with Crippen LogP contribution in [-0.4, -0.2) is 0 Å². The highest BCUT2D eigenvalue weighted by molar-refractivity contribution is 5.40. The number of benzene rings is 2. The molecule has 2 aromatic carbocycles. The van der Waals surface area contributed by atoms with Crippen LogP contribution in [0.5, 0.6) is 11.5 Å². The maximum atomic E-state index is 6.01. The van der Waals surface area contributed by atoms with Crippen LogP contribution in [0, 0.1) is 13.8 Å². The zero-order chi connectivity index (χ0) is 14.7. The fraction of sp³-hybridized carbons (Fsp3) is 0.400. The van der Waals surface area contributed by atoms with Gasteiger partial charge in [-0.3, -0.25) is 0 Å². The number of hydrogen-bond donors (Lipinski definition) is 0. The zero-order valence-electron chi connectivity index (χ0n) is 13.1. The molecule has 0 saturated heterocycles. The van der Waals surface area contributed by atoms with Gasteiger partial charge >= 0.3 is 0 Å². The van der Waals surface area contributed by atoms with Crippen molar-refractivity contribution in [2.24, 2.45) is 0 Å². The third-order valence-electron chi connectivity index (χ3n) is 4.51. The lowest BCUT2D eigenvalue weighted by Gasteiger charge is -2.22. The normalized spacial score (nSPS) is 15.9. The van der Waals surface area contributed by atoms with Gasteiger partial charge in [0.1, 0.15) is 11.5 Å². The van der Waals surface area contributed by atoms with Crippen molar-refractivity contribution in [3.63, 3.8) is 0 Å². The summed E-state index contributed by atoms with van der Waals surface area (Å²) >= 11 is 0. The van der Waals surface area contributed by atoms with Crippen LogP contribution >= 0.6 is 0 Å². The minimum absolute atomic E-state index is 0.758. The van der Waals surface area contributed by atoms with Crippen molar-refractivity contribution in [2.45, 2.75) is 51.9 Å². The van der Waals surface area contributed by atoms with Gasteiger partial charge in [0.15, 0.2) is 0 Å². The van der Waals surface area contributed by atoms with E-state index in [4.69, 9.17) is 4.74 Å². The first-order valence-electron chi connectivity index (χ1n) is 8.07. The highest BCUT2D eigenvalue weighted by Crippen LogP contribution is 2.34. The SMILES string of the molecule is Cc1ccc(Oc2ccc(C3CCCCC3)cc2)c(C)c1. The van der Waals surface area contributed by atoms with Crippen LogP contribution in [0.3, 0.4) is 0 Å². The van der Waals surface area contributed by atoms with Gasteiger partial charge in [0.25, 0.3) is 0 Å². The summed E-state index contributed by atoms with van der Waals surface area (Å²) < 4.78 is 6.01. The summed E-state index contributed by atoms with van der Waals surface area (Å²) in [6, 6.07) is 15.0. The Balaban J connectivity index is 1.71. The van der Waals surface area contributed by atoms with Crippen LogP contribution in [0.2, 0.25) is 0 Å². The highest BCUT2D eigenvalue weighted by atomic mass is 16.5. The third kappa shape index (κ3) is 3.47. The second-order valence-corrected chi connectivity index (χ2v) is 6.27. The van der Waals surface area contributed by atoms with Crippen molar-refractivity contribution in [3.05, 3.63) is 59.2 Å². The second kappa shape index (κ2) is 6.34. The van der Waals surface area contributed by atoms with Crippen molar-refractivity contribution in [1.29, 1.82) is 0 Å². The number of aryl methyl sites for hydroxylation is 2. The second-order valence-electron chi connectivity index (χ2n) is 6.27. The lowest BCUT2D eigenvalue weighted by atomic mass is 9.84. The molecule has 110 valence electrons. The molecule has 0 heterocycles. The van der Waals surface area contributed by atoms with E-state index in [1.54, 1.807) is 0 Å². The summed E-state index contributed by atoms with van der Waals surface area (Å²) in [7, 11) is 0. The molecule has 0 atom stereocenters. The molecule has 21 heavy (non-hydrogen) atoms. The molecule has 0 spiro atoms. The molecule has 0 aliphatic heterocycles. The lowest BCUT2D eigenvalue weighted by molar-refractivity contribution is 0.442. The van der Waals surface area contributed by atoms with Crippen LogP contribution in [0.1, 0.15) is 54.7 Å². The summed E-state index contributed by atoms with van der Waals surface area (Å²) in [6.07, 6.45) is 6.86. The molecule has 3 rings (SSSR count). The minimum Gasteiger partial charge on any atom is -0.457 e. The van der Waals surface area contributed by atoms with Gasteiger partial charge in [-0.25, -0.2) is 0 Å². The molecule has 1 saturated carbocycles. The topological polar surface area (TPSA) is 9.23 Å². The number of rotatable bonds is 3. The van der Waals surface area contributed by atoms with Crippen LogP contribution in [0.4, 0.5) is 0 Å². The Bertz CT molecular complexity index is 592. The van der Waals surface area contributed by atoms with E-state index >= 15 is 0 Å². The van der Waals surface area contributed by atoms with Crippen molar-refractivity contribution >= 4 is 0 Å². The van der Waals surface area contributed by atoms with Gasteiger partial charge in [-0.05, 0) is 61.9 Å². The van der Waals surface area contributed by atoms with E-state index in [0.717, 1.165) is 17.4 Å². The summed E-state index contributed by atoms with van der Waals surface area (Å²) in [6.45, 7) is 4.20. The van der Waals surface area contributed by atoms with Gasteiger partial charge in [-0.15, -0.1) is 0 Å². The van der Waals surface area contributed by atoms with E-state index in [0.29, 0.717) is 0 Å². The fourth-order valence-electron chi connectivity index (χ4n) is 3.28. The molecule has 0 N–H and O–H groups in total. The Kier molecular flexibility index (Phi) is 4.28. The fourth-order valence-corrected chi connectivity index (χ4v) is 3.28.